The number of carbonyl (C=O) groups excluding carboxylic acids is 2. The Morgan fingerprint density at radius 2 is 1.85 bits per heavy atom. The Hall–Kier alpha value is -2.96. The summed E-state index contributed by atoms with van der Waals surface area (Å²) in [5.74, 6) is -1.85. The van der Waals surface area contributed by atoms with Gasteiger partial charge in [0, 0.05) is 12.6 Å². The van der Waals surface area contributed by atoms with Gasteiger partial charge in [-0.15, -0.1) is 0 Å². The predicted octanol–water partition coefficient (Wildman–Crippen LogP) is 3.05. The van der Waals surface area contributed by atoms with E-state index in [4.69, 9.17) is 4.74 Å². The summed E-state index contributed by atoms with van der Waals surface area (Å²) in [7, 11) is 1.58. The largest absolute Gasteiger partial charge is 0.496 e. The highest BCUT2D eigenvalue weighted by atomic mass is 19.1. The van der Waals surface area contributed by atoms with Gasteiger partial charge in [-0.05, 0) is 43.0 Å². The van der Waals surface area contributed by atoms with Crippen molar-refractivity contribution in [3.63, 3.8) is 0 Å². The minimum Gasteiger partial charge on any atom is -0.496 e. The van der Waals surface area contributed by atoms with Gasteiger partial charge in [0.05, 0.1) is 12.8 Å². The third-order valence-corrected chi connectivity index (χ3v) is 4.67. The van der Waals surface area contributed by atoms with Crippen LogP contribution in [0.15, 0.2) is 42.5 Å². The molecule has 7 heteroatoms. The Balaban J connectivity index is 1.58. The van der Waals surface area contributed by atoms with Gasteiger partial charge in [0.25, 0.3) is 0 Å². The smallest absolute Gasteiger partial charge is 0.240 e. The summed E-state index contributed by atoms with van der Waals surface area (Å²) in [6, 6.07) is 10.4. The molecule has 1 saturated carbocycles. The van der Waals surface area contributed by atoms with Gasteiger partial charge in [-0.25, -0.2) is 8.78 Å². The number of ether oxygens (including phenoxy) is 1. The van der Waals surface area contributed by atoms with E-state index in [2.05, 4.69) is 10.6 Å². The summed E-state index contributed by atoms with van der Waals surface area (Å²) >= 11 is 0. The molecule has 3 rings (SSSR count). The van der Waals surface area contributed by atoms with Crippen molar-refractivity contribution < 1.29 is 23.1 Å². The molecule has 0 bridgehead atoms. The maximum absolute atomic E-state index is 13.7. The Bertz CT molecular complexity index is 866. The van der Waals surface area contributed by atoms with Crippen LogP contribution in [0.25, 0.3) is 0 Å². The van der Waals surface area contributed by atoms with Gasteiger partial charge < -0.3 is 15.4 Å². The fourth-order valence-electron chi connectivity index (χ4n) is 2.90. The van der Waals surface area contributed by atoms with Crippen LogP contribution < -0.4 is 15.4 Å². The lowest BCUT2D eigenvalue weighted by Gasteiger charge is -2.16. The van der Waals surface area contributed by atoms with Crippen molar-refractivity contribution in [3.05, 3.63) is 59.7 Å². The number of para-hydroxylation sites is 1. The number of nitrogens with one attached hydrogen (secondary N) is 2. The summed E-state index contributed by atoms with van der Waals surface area (Å²) in [5, 5.41) is 5.15. The Labute approximate surface area is 155 Å². The van der Waals surface area contributed by atoms with Gasteiger partial charge in [-0.3, -0.25) is 9.59 Å². The topological polar surface area (TPSA) is 67.4 Å². The molecule has 1 fully saturated rings. The third-order valence-electron chi connectivity index (χ3n) is 4.67. The van der Waals surface area contributed by atoms with Gasteiger partial charge in [0.15, 0.2) is 0 Å². The molecule has 2 N–H and O–H groups in total. The summed E-state index contributed by atoms with van der Waals surface area (Å²) in [6.07, 6.45) is 1.34. The minimum atomic E-state index is -1.19. The number of hydrogen-bond donors (Lipinski definition) is 2. The van der Waals surface area contributed by atoms with Crippen LogP contribution >= 0.6 is 0 Å². The highest BCUT2D eigenvalue weighted by Crippen LogP contribution is 2.47. The normalized spacial score (nSPS) is 14.3. The molecule has 2 amide bonds. The van der Waals surface area contributed by atoms with Crippen LogP contribution in [0, 0.1) is 17.0 Å². The van der Waals surface area contributed by atoms with Crippen LogP contribution in [0.3, 0.4) is 0 Å². The molecule has 0 saturated heterocycles. The molecule has 0 heterocycles. The lowest BCUT2D eigenvalue weighted by molar-refractivity contribution is -0.134. The summed E-state index contributed by atoms with van der Waals surface area (Å²) in [5.41, 5.74) is -0.390. The summed E-state index contributed by atoms with van der Waals surface area (Å²) in [4.78, 5) is 24.9. The van der Waals surface area contributed by atoms with Crippen LogP contribution in [0.4, 0.5) is 14.5 Å². The fourth-order valence-corrected chi connectivity index (χ4v) is 2.90. The molecule has 142 valence electrons. The molecule has 27 heavy (non-hydrogen) atoms. The van der Waals surface area contributed by atoms with Crippen LogP contribution in [0.1, 0.15) is 18.4 Å². The number of halogens is 2. The van der Waals surface area contributed by atoms with E-state index < -0.39 is 28.9 Å². The Kier molecular flexibility index (Phi) is 5.39. The first-order chi connectivity index (χ1) is 13.0. The molecule has 0 spiro atoms. The van der Waals surface area contributed by atoms with Crippen molar-refractivity contribution in [1.82, 2.24) is 5.32 Å². The van der Waals surface area contributed by atoms with E-state index in [1.54, 1.807) is 7.11 Å². The van der Waals surface area contributed by atoms with Crippen LogP contribution in [-0.4, -0.2) is 25.5 Å². The zero-order valence-electron chi connectivity index (χ0n) is 14.9. The first kappa shape index (κ1) is 18.8. The molecule has 0 aliphatic heterocycles. The van der Waals surface area contributed by atoms with E-state index in [0.717, 1.165) is 23.4 Å². The number of carbonyl (C=O) groups is 2. The standard InChI is InChI=1S/C20H20F2N2O3/c1-27-17-5-3-2-4-13(17)8-11-23-18(25)20(9-10-20)19(26)24-16-7-6-14(21)12-15(16)22/h2-7,12H,8-11H2,1H3,(H,23,25)(H,24,26). The number of amides is 2. The van der Waals surface area contributed by atoms with Crippen LogP contribution in [-0.2, 0) is 16.0 Å². The first-order valence-corrected chi connectivity index (χ1v) is 8.63. The summed E-state index contributed by atoms with van der Waals surface area (Å²) < 4.78 is 31.9. The number of benzene rings is 2. The quantitative estimate of drug-likeness (QED) is 0.732. The van der Waals surface area contributed by atoms with Gasteiger partial charge >= 0.3 is 0 Å². The molecule has 2 aromatic carbocycles. The average molecular weight is 374 g/mol. The second kappa shape index (κ2) is 7.73. The van der Waals surface area contributed by atoms with E-state index in [9.17, 15) is 18.4 Å². The lowest BCUT2D eigenvalue weighted by Crippen LogP contribution is -2.40. The number of rotatable bonds is 7. The predicted molar refractivity (Wildman–Crippen MR) is 96.4 cm³/mol. The first-order valence-electron chi connectivity index (χ1n) is 8.63. The summed E-state index contributed by atoms with van der Waals surface area (Å²) in [6.45, 7) is 0.346. The van der Waals surface area contributed by atoms with Crippen molar-refractivity contribution in [2.24, 2.45) is 5.41 Å². The van der Waals surface area contributed by atoms with Crippen molar-refractivity contribution in [3.8, 4) is 5.75 Å². The molecule has 0 radical (unpaired) electrons. The maximum Gasteiger partial charge on any atom is 0.240 e. The molecule has 0 atom stereocenters. The number of hydrogen-bond acceptors (Lipinski definition) is 3. The molecule has 2 aromatic rings. The highest BCUT2D eigenvalue weighted by Gasteiger charge is 2.56. The maximum atomic E-state index is 13.7. The molecule has 0 unspecified atom stereocenters. The van der Waals surface area contributed by atoms with E-state index in [1.807, 2.05) is 24.3 Å². The number of anilines is 1. The van der Waals surface area contributed by atoms with Gasteiger partial charge in [0.2, 0.25) is 11.8 Å². The lowest BCUT2D eigenvalue weighted by atomic mass is 10.0. The number of methoxy groups -OCH3 is 1. The molecule has 5 nitrogen and oxygen atoms in total. The molecular formula is C20H20F2N2O3. The van der Waals surface area contributed by atoms with Gasteiger partial charge in [-0.1, -0.05) is 18.2 Å². The van der Waals surface area contributed by atoms with Crippen LogP contribution in [0.5, 0.6) is 5.75 Å². The Morgan fingerprint density at radius 1 is 1.11 bits per heavy atom. The molecule has 0 aromatic heterocycles. The SMILES string of the molecule is COc1ccccc1CCNC(=O)C1(C(=O)Nc2ccc(F)cc2F)CC1. The van der Waals surface area contributed by atoms with E-state index >= 15 is 0 Å². The zero-order chi connectivity index (χ0) is 19.4. The monoisotopic (exact) mass is 374 g/mol. The molecule has 1 aliphatic carbocycles. The van der Waals surface area contributed by atoms with Crippen molar-refractivity contribution >= 4 is 17.5 Å². The zero-order valence-corrected chi connectivity index (χ0v) is 14.9. The highest BCUT2D eigenvalue weighted by molar-refractivity contribution is 6.13. The van der Waals surface area contributed by atoms with Crippen molar-refractivity contribution in [2.45, 2.75) is 19.3 Å². The third kappa shape index (κ3) is 4.07. The molecular weight excluding hydrogens is 354 g/mol. The Morgan fingerprint density at radius 3 is 2.52 bits per heavy atom. The fraction of sp³-hybridized carbons (Fsp3) is 0.300. The molecule has 1 aliphatic rings. The second-order valence-electron chi connectivity index (χ2n) is 6.48. The van der Waals surface area contributed by atoms with E-state index in [-0.39, 0.29) is 5.69 Å². The van der Waals surface area contributed by atoms with Crippen LogP contribution in [0.2, 0.25) is 0 Å². The minimum absolute atomic E-state index is 0.144. The van der Waals surface area contributed by atoms with E-state index in [1.165, 1.54) is 0 Å². The van der Waals surface area contributed by atoms with E-state index in [0.29, 0.717) is 31.9 Å². The average Bonchev–Trinajstić information content (AvgIpc) is 3.46. The van der Waals surface area contributed by atoms with Gasteiger partial charge in [0.1, 0.15) is 22.8 Å². The van der Waals surface area contributed by atoms with Crippen molar-refractivity contribution in [2.75, 3.05) is 19.0 Å². The van der Waals surface area contributed by atoms with Crippen molar-refractivity contribution in [1.29, 1.82) is 0 Å². The van der Waals surface area contributed by atoms with Gasteiger partial charge in [-0.2, -0.15) is 0 Å². The second-order valence-corrected chi connectivity index (χ2v) is 6.48.